The minimum Gasteiger partial charge on any atom is -0.481 e. The van der Waals surface area contributed by atoms with E-state index in [2.05, 4.69) is 5.32 Å². The molecule has 0 spiro atoms. The largest absolute Gasteiger partial charge is 0.481 e. The highest BCUT2D eigenvalue weighted by Crippen LogP contribution is 2.24. The molecule has 5 nitrogen and oxygen atoms in total. The van der Waals surface area contributed by atoms with Gasteiger partial charge in [-0.25, -0.2) is 0 Å². The molecule has 0 bridgehead atoms. The van der Waals surface area contributed by atoms with Gasteiger partial charge in [0.2, 0.25) is 5.91 Å². The number of carbonyl (C=O) groups is 2. The third-order valence-electron chi connectivity index (χ3n) is 3.02. The van der Waals surface area contributed by atoms with Gasteiger partial charge in [0.15, 0.2) is 0 Å². The Morgan fingerprint density at radius 1 is 1.26 bits per heavy atom. The Kier molecular flexibility index (Phi) is 5.36. The minimum absolute atomic E-state index is 0.0203. The molecule has 1 amide bonds. The molecule has 0 fully saturated rings. The summed E-state index contributed by atoms with van der Waals surface area (Å²) in [5, 5.41) is 11.3. The van der Waals surface area contributed by atoms with Gasteiger partial charge in [0.25, 0.3) is 0 Å². The van der Waals surface area contributed by atoms with Crippen LogP contribution in [0.3, 0.4) is 0 Å². The van der Waals surface area contributed by atoms with Gasteiger partial charge < -0.3 is 15.3 Å². The fourth-order valence-electron chi connectivity index (χ4n) is 1.90. The Hall–Kier alpha value is -2.04. The van der Waals surface area contributed by atoms with Crippen molar-refractivity contribution in [2.75, 3.05) is 26.0 Å². The van der Waals surface area contributed by atoms with E-state index in [1.165, 1.54) is 0 Å². The minimum atomic E-state index is -0.890. The molecule has 1 atom stereocenters. The van der Waals surface area contributed by atoms with Crippen molar-refractivity contribution in [2.45, 2.75) is 18.8 Å². The maximum Gasteiger partial charge on any atom is 0.303 e. The van der Waals surface area contributed by atoms with E-state index in [-0.39, 0.29) is 12.3 Å². The summed E-state index contributed by atoms with van der Waals surface area (Å²) in [5.74, 6) is -1.46. The van der Waals surface area contributed by atoms with Gasteiger partial charge in [0.1, 0.15) is 0 Å². The third kappa shape index (κ3) is 4.28. The first-order valence-corrected chi connectivity index (χ1v) is 6.16. The van der Waals surface area contributed by atoms with E-state index in [9.17, 15) is 9.59 Å². The SMILES string of the molecule is CNC(=O)C(CCC(=O)O)c1ccc(N(C)C)cc1. The Bertz CT molecular complexity index is 441. The number of nitrogens with zero attached hydrogens (tertiary/aromatic N) is 1. The van der Waals surface area contributed by atoms with Crippen molar-refractivity contribution in [3.8, 4) is 0 Å². The van der Waals surface area contributed by atoms with Crippen molar-refractivity contribution in [1.82, 2.24) is 5.32 Å². The van der Waals surface area contributed by atoms with E-state index in [0.717, 1.165) is 11.3 Å². The maximum absolute atomic E-state index is 11.8. The number of nitrogens with one attached hydrogen (secondary N) is 1. The molecule has 2 N–H and O–H groups in total. The average molecular weight is 264 g/mol. The monoisotopic (exact) mass is 264 g/mol. The number of amides is 1. The smallest absolute Gasteiger partial charge is 0.303 e. The van der Waals surface area contributed by atoms with Gasteiger partial charge in [-0.3, -0.25) is 9.59 Å². The lowest BCUT2D eigenvalue weighted by atomic mass is 9.93. The van der Waals surface area contributed by atoms with Crippen LogP contribution >= 0.6 is 0 Å². The van der Waals surface area contributed by atoms with Crippen LogP contribution in [0.2, 0.25) is 0 Å². The molecule has 0 heterocycles. The second-order valence-corrected chi connectivity index (χ2v) is 4.59. The third-order valence-corrected chi connectivity index (χ3v) is 3.02. The van der Waals surface area contributed by atoms with Crippen molar-refractivity contribution in [2.24, 2.45) is 0 Å². The quantitative estimate of drug-likeness (QED) is 0.816. The number of likely N-dealkylation sites (N-methyl/N-ethyl adjacent to an activating group) is 1. The first kappa shape index (κ1) is 15.0. The van der Waals surface area contributed by atoms with Crippen molar-refractivity contribution in [1.29, 1.82) is 0 Å². The second kappa shape index (κ2) is 6.78. The molecule has 1 aromatic rings. The predicted octanol–water partition coefficient (Wildman–Crippen LogP) is 1.45. The highest BCUT2D eigenvalue weighted by Gasteiger charge is 2.20. The number of carboxylic acids is 1. The standard InChI is InChI=1S/C14H20N2O3/c1-15-14(19)12(8-9-13(17)18)10-4-6-11(7-5-10)16(2)3/h4-7,12H,8-9H2,1-3H3,(H,15,19)(H,17,18). The molecular weight excluding hydrogens is 244 g/mol. The number of hydrogen-bond donors (Lipinski definition) is 2. The van der Waals surface area contributed by atoms with Crippen LogP contribution in [0.1, 0.15) is 24.3 Å². The first-order chi connectivity index (χ1) is 8.95. The molecule has 0 aliphatic rings. The molecule has 19 heavy (non-hydrogen) atoms. The number of anilines is 1. The van der Waals surface area contributed by atoms with Gasteiger partial charge in [-0.15, -0.1) is 0 Å². The van der Waals surface area contributed by atoms with E-state index < -0.39 is 11.9 Å². The van der Waals surface area contributed by atoms with Gasteiger partial charge in [-0.1, -0.05) is 12.1 Å². The van der Waals surface area contributed by atoms with Crippen molar-refractivity contribution in [3.63, 3.8) is 0 Å². The fraction of sp³-hybridized carbons (Fsp3) is 0.429. The van der Waals surface area contributed by atoms with Crippen LogP contribution in [0.5, 0.6) is 0 Å². The molecule has 1 rings (SSSR count). The maximum atomic E-state index is 11.8. The first-order valence-electron chi connectivity index (χ1n) is 6.16. The molecule has 0 aliphatic carbocycles. The number of benzene rings is 1. The molecule has 104 valence electrons. The molecule has 5 heteroatoms. The summed E-state index contributed by atoms with van der Waals surface area (Å²) in [6, 6.07) is 7.59. The molecule has 0 saturated heterocycles. The summed E-state index contributed by atoms with van der Waals surface area (Å²) < 4.78 is 0. The summed E-state index contributed by atoms with van der Waals surface area (Å²) in [5.41, 5.74) is 1.88. The molecule has 0 aliphatic heterocycles. The van der Waals surface area contributed by atoms with Gasteiger partial charge in [-0.2, -0.15) is 0 Å². The second-order valence-electron chi connectivity index (χ2n) is 4.59. The number of carbonyl (C=O) groups excluding carboxylic acids is 1. The molecule has 1 aromatic carbocycles. The van der Waals surface area contributed by atoms with Crippen LogP contribution in [0.25, 0.3) is 0 Å². The zero-order valence-electron chi connectivity index (χ0n) is 11.5. The summed E-state index contributed by atoms with van der Waals surface area (Å²) in [6.07, 6.45) is 0.282. The normalized spacial score (nSPS) is 11.7. The van der Waals surface area contributed by atoms with Crippen LogP contribution < -0.4 is 10.2 Å². The summed E-state index contributed by atoms with van der Waals surface area (Å²) >= 11 is 0. The molecule has 0 aromatic heterocycles. The van der Waals surface area contributed by atoms with Crippen molar-refractivity contribution < 1.29 is 14.7 Å². The van der Waals surface area contributed by atoms with E-state index in [1.54, 1.807) is 7.05 Å². The van der Waals surface area contributed by atoms with Crippen LogP contribution in [0.4, 0.5) is 5.69 Å². The summed E-state index contributed by atoms with van der Waals surface area (Å²) in [4.78, 5) is 24.4. The molecule has 0 saturated carbocycles. The Morgan fingerprint density at radius 3 is 2.26 bits per heavy atom. The van der Waals surface area contributed by atoms with Crippen molar-refractivity contribution >= 4 is 17.6 Å². The van der Waals surface area contributed by atoms with E-state index in [4.69, 9.17) is 5.11 Å². The van der Waals surface area contributed by atoms with Gasteiger partial charge in [0.05, 0.1) is 5.92 Å². The van der Waals surface area contributed by atoms with Crippen LogP contribution in [0.15, 0.2) is 24.3 Å². The lowest BCUT2D eigenvalue weighted by molar-refractivity contribution is -0.137. The fourth-order valence-corrected chi connectivity index (χ4v) is 1.90. The number of rotatable bonds is 6. The summed E-state index contributed by atoms with van der Waals surface area (Å²) in [6.45, 7) is 0. The molecule has 0 radical (unpaired) electrons. The van der Waals surface area contributed by atoms with Crippen molar-refractivity contribution in [3.05, 3.63) is 29.8 Å². The van der Waals surface area contributed by atoms with Gasteiger partial charge >= 0.3 is 5.97 Å². The molecular formula is C14H20N2O3. The highest BCUT2D eigenvalue weighted by atomic mass is 16.4. The van der Waals surface area contributed by atoms with E-state index in [0.29, 0.717) is 6.42 Å². The van der Waals surface area contributed by atoms with E-state index in [1.807, 2.05) is 43.3 Å². The lowest BCUT2D eigenvalue weighted by Crippen LogP contribution is -2.26. The Morgan fingerprint density at radius 2 is 1.84 bits per heavy atom. The lowest BCUT2D eigenvalue weighted by Gasteiger charge is -2.17. The highest BCUT2D eigenvalue weighted by molar-refractivity contribution is 5.84. The van der Waals surface area contributed by atoms with E-state index >= 15 is 0 Å². The van der Waals surface area contributed by atoms with Crippen LogP contribution in [-0.4, -0.2) is 38.1 Å². The van der Waals surface area contributed by atoms with Gasteiger partial charge in [0, 0.05) is 33.3 Å². The zero-order chi connectivity index (χ0) is 14.4. The Balaban J connectivity index is 2.90. The predicted molar refractivity (Wildman–Crippen MR) is 74.4 cm³/mol. The average Bonchev–Trinajstić information content (AvgIpc) is 2.38. The molecule has 1 unspecified atom stereocenters. The van der Waals surface area contributed by atoms with Gasteiger partial charge in [-0.05, 0) is 24.1 Å². The zero-order valence-corrected chi connectivity index (χ0v) is 11.5. The number of aliphatic carboxylic acids is 1. The summed E-state index contributed by atoms with van der Waals surface area (Å²) in [7, 11) is 5.44. The topological polar surface area (TPSA) is 69.6 Å². The Labute approximate surface area is 113 Å². The van der Waals surface area contributed by atoms with Crippen LogP contribution in [-0.2, 0) is 9.59 Å². The van der Waals surface area contributed by atoms with Crippen LogP contribution in [0, 0.1) is 0 Å². The number of hydrogen-bond acceptors (Lipinski definition) is 3. The number of carboxylic acid groups (broad SMARTS) is 1.